The zero-order valence-electron chi connectivity index (χ0n) is 7.56. The van der Waals surface area contributed by atoms with Crippen LogP contribution in [0.1, 0.15) is 19.3 Å². The van der Waals surface area contributed by atoms with Gasteiger partial charge in [0.25, 0.3) is 0 Å². The maximum atomic E-state index is 7.26. The molecule has 0 aromatic heterocycles. The standard InChI is InChI=1S/C8H18N4/c1-11-5-4-6-2-3-7(12-6)8(9)10/h6-7,11-12H,2-5H2,1H3,(H3,9,10). The number of hydrogen-bond acceptors (Lipinski definition) is 3. The highest BCUT2D eigenvalue weighted by Crippen LogP contribution is 2.14. The molecule has 0 aromatic carbocycles. The van der Waals surface area contributed by atoms with Gasteiger partial charge in [0, 0.05) is 6.04 Å². The molecule has 1 saturated heterocycles. The SMILES string of the molecule is CNCCC1CCC(C(=N)N)N1. The van der Waals surface area contributed by atoms with Gasteiger partial charge in [-0.1, -0.05) is 0 Å². The summed E-state index contributed by atoms with van der Waals surface area (Å²) in [5, 5.41) is 13.7. The van der Waals surface area contributed by atoms with E-state index in [0.717, 1.165) is 25.8 Å². The molecule has 0 aliphatic carbocycles. The molecule has 0 aromatic rings. The summed E-state index contributed by atoms with van der Waals surface area (Å²) in [6.45, 7) is 1.03. The summed E-state index contributed by atoms with van der Waals surface area (Å²) < 4.78 is 0. The molecule has 2 unspecified atom stereocenters. The minimum atomic E-state index is 0.131. The minimum Gasteiger partial charge on any atom is -0.386 e. The van der Waals surface area contributed by atoms with E-state index in [0.29, 0.717) is 6.04 Å². The van der Waals surface area contributed by atoms with E-state index in [1.165, 1.54) is 0 Å². The lowest BCUT2D eigenvalue weighted by Gasteiger charge is -2.12. The molecule has 1 aliphatic heterocycles. The molecule has 1 aliphatic rings. The molecule has 70 valence electrons. The van der Waals surface area contributed by atoms with Gasteiger partial charge in [-0.25, -0.2) is 0 Å². The average molecular weight is 170 g/mol. The third kappa shape index (κ3) is 2.46. The van der Waals surface area contributed by atoms with Gasteiger partial charge in [-0.2, -0.15) is 0 Å². The van der Waals surface area contributed by atoms with Crippen molar-refractivity contribution in [3.8, 4) is 0 Å². The van der Waals surface area contributed by atoms with Crippen LogP contribution in [0.5, 0.6) is 0 Å². The normalized spacial score (nSPS) is 29.1. The van der Waals surface area contributed by atoms with Gasteiger partial charge in [-0.05, 0) is 32.9 Å². The number of amidine groups is 1. The highest BCUT2D eigenvalue weighted by atomic mass is 15.0. The fourth-order valence-electron chi connectivity index (χ4n) is 1.61. The van der Waals surface area contributed by atoms with Gasteiger partial charge in [0.1, 0.15) is 5.84 Å². The Bertz CT molecular complexity index is 157. The Morgan fingerprint density at radius 2 is 2.42 bits per heavy atom. The molecular formula is C8H18N4. The van der Waals surface area contributed by atoms with E-state index >= 15 is 0 Å². The number of nitrogens with one attached hydrogen (secondary N) is 3. The van der Waals surface area contributed by atoms with E-state index in [2.05, 4.69) is 10.6 Å². The zero-order valence-corrected chi connectivity index (χ0v) is 7.56. The molecule has 0 spiro atoms. The van der Waals surface area contributed by atoms with Crippen molar-refractivity contribution < 1.29 is 0 Å². The van der Waals surface area contributed by atoms with E-state index in [9.17, 15) is 0 Å². The summed E-state index contributed by atoms with van der Waals surface area (Å²) in [5.41, 5.74) is 5.39. The molecule has 0 bridgehead atoms. The van der Waals surface area contributed by atoms with Crippen LogP contribution in [-0.2, 0) is 0 Å². The van der Waals surface area contributed by atoms with Gasteiger partial charge in [0.2, 0.25) is 0 Å². The van der Waals surface area contributed by atoms with E-state index in [1.54, 1.807) is 0 Å². The maximum absolute atomic E-state index is 7.26. The van der Waals surface area contributed by atoms with Crippen LogP contribution in [0.15, 0.2) is 0 Å². The van der Waals surface area contributed by atoms with Crippen molar-refractivity contribution in [3.63, 3.8) is 0 Å². The lowest BCUT2D eigenvalue weighted by atomic mass is 10.1. The van der Waals surface area contributed by atoms with Crippen molar-refractivity contribution >= 4 is 5.84 Å². The molecular weight excluding hydrogens is 152 g/mol. The Morgan fingerprint density at radius 1 is 1.67 bits per heavy atom. The third-order valence-electron chi connectivity index (χ3n) is 2.36. The first kappa shape index (κ1) is 9.48. The van der Waals surface area contributed by atoms with Crippen molar-refractivity contribution in [2.75, 3.05) is 13.6 Å². The molecule has 0 saturated carbocycles. The Kier molecular flexibility index (Phi) is 3.49. The first-order valence-corrected chi connectivity index (χ1v) is 4.48. The van der Waals surface area contributed by atoms with Crippen LogP contribution in [0.25, 0.3) is 0 Å². The van der Waals surface area contributed by atoms with Gasteiger partial charge >= 0.3 is 0 Å². The largest absolute Gasteiger partial charge is 0.386 e. The van der Waals surface area contributed by atoms with Crippen molar-refractivity contribution in [3.05, 3.63) is 0 Å². The van der Waals surface area contributed by atoms with Crippen molar-refractivity contribution in [2.45, 2.75) is 31.3 Å². The highest BCUT2D eigenvalue weighted by Gasteiger charge is 2.24. The molecule has 1 rings (SSSR count). The zero-order chi connectivity index (χ0) is 8.97. The number of rotatable bonds is 4. The third-order valence-corrected chi connectivity index (χ3v) is 2.36. The predicted octanol–water partition coefficient (Wildman–Crippen LogP) is -0.348. The van der Waals surface area contributed by atoms with Gasteiger partial charge in [-0.15, -0.1) is 0 Å². The van der Waals surface area contributed by atoms with Crippen LogP contribution in [0, 0.1) is 5.41 Å². The summed E-state index contributed by atoms with van der Waals surface area (Å²) in [7, 11) is 1.96. The second-order valence-corrected chi connectivity index (χ2v) is 3.34. The van der Waals surface area contributed by atoms with Crippen molar-refractivity contribution in [1.82, 2.24) is 10.6 Å². The van der Waals surface area contributed by atoms with Crippen molar-refractivity contribution in [1.29, 1.82) is 5.41 Å². The molecule has 12 heavy (non-hydrogen) atoms. The summed E-state index contributed by atoms with van der Waals surface area (Å²) >= 11 is 0. The summed E-state index contributed by atoms with van der Waals surface area (Å²) in [4.78, 5) is 0. The molecule has 0 radical (unpaired) electrons. The first-order valence-electron chi connectivity index (χ1n) is 4.48. The molecule has 5 N–H and O–H groups in total. The summed E-state index contributed by atoms with van der Waals surface area (Å²) in [6, 6.07) is 0.679. The van der Waals surface area contributed by atoms with Crippen LogP contribution in [0.2, 0.25) is 0 Å². The summed E-state index contributed by atoms with van der Waals surface area (Å²) in [6.07, 6.45) is 3.29. The van der Waals surface area contributed by atoms with E-state index < -0.39 is 0 Å². The highest BCUT2D eigenvalue weighted by molar-refractivity contribution is 5.83. The molecule has 1 heterocycles. The molecule has 0 amide bonds. The Labute approximate surface area is 73.4 Å². The Morgan fingerprint density at radius 3 is 2.92 bits per heavy atom. The molecule has 2 atom stereocenters. The van der Waals surface area contributed by atoms with Gasteiger partial charge in [0.15, 0.2) is 0 Å². The molecule has 4 heteroatoms. The molecule has 1 fully saturated rings. The second kappa shape index (κ2) is 4.42. The Balaban J connectivity index is 2.21. The number of nitrogens with two attached hydrogens (primary N) is 1. The van der Waals surface area contributed by atoms with Crippen LogP contribution in [0.4, 0.5) is 0 Å². The monoisotopic (exact) mass is 170 g/mol. The summed E-state index contributed by atoms with van der Waals surface area (Å²) in [5.74, 6) is 0.280. The topological polar surface area (TPSA) is 73.9 Å². The van der Waals surface area contributed by atoms with E-state index in [-0.39, 0.29) is 11.9 Å². The van der Waals surface area contributed by atoms with Crippen LogP contribution >= 0.6 is 0 Å². The van der Waals surface area contributed by atoms with E-state index in [4.69, 9.17) is 11.1 Å². The first-order chi connectivity index (χ1) is 5.74. The van der Waals surface area contributed by atoms with Crippen LogP contribution in [0.3, 0.4) is 0 Å². The number of hydrogen-bond donors (Lipinski definition) is 4. The minimum absolute atomic E-state index is 0.131. The lowest BCUT2D eigenvalue weighted by molar-refractivity contribution is 0.531. The van der Waals surface area contributed by atoms with Gasteiger partial charge in [0.05, 0.1) is 6.04 Å². The fraction of sp³-hybridized carbons (Fsp3) is 0.875. The van der Waals surface area contributed by atoms with Crippen molar-refractivity contribution in [2.24, 2.45) is 5.73 Å². The average Bonchev–Trinajstić information content (AvgIpc) is 2.48. The smallest absolute Gasteiger partial charge is 0.108 e. The van der Waals surface area contributed by atoms with Gasteiger partial charge < -0.3 is 16.4 Å². The van der Waals surface area contributed by atoms with Gasteiger partial charge in [-0.3, -0.25) is 5.41 Å². The quantitative estimate of drug-likeness (QED) is 0.344. The fourth-order valence-corrected chi connectivity index (χ4v) is 1.61. The maximum Gasteiger partial charge on any atom is 0.108 e. The second-order valence-electron chi connectivity index (χ2n) is 3.34. The van der Waals surface area contributed by atoms with Crippen LogP contribution < -0.4 is 16.4 Å². The lowest BCUT2D eigenvalue weighted by Crippen LogP contribution is -2.39. The molecule has 4 nitrogen and oxygen atoms in total. The van der Waals surface area contributed by atoms with E-state index in [1.807, 2.05) is 7.05 Å². The van der Waals surface area contributed by atoms with Crippen LogP contribution in [-0.4, -0.2) is 31.5 Å². The predicted molar refractivity (Wildman–Crippen MR) is 50.4 cm³/mol. The Hall–Kier alpha value is -0.610.